The second-order valence-electron chi connectivity index (χ2n) is 4.33. The number of halogens is 1. The maximum atomic E-state index is 11.2. The molecule has 1 saturated heterocycles. The summed E-state index contributed by atoms with van der Waals surface area (Å²) >= 11 is 3.31. The van der Waals surface area contributed by atoms with Crippen LogP contribution in [-0.2, 0) is 26.4 Å². The van der Waals surface area contributed by atoms with Gasteiger partial charge in [0.2, 0.25) is 0 Å². The normalized spacial score (nSPS) is 20.1. The van der Waals surface area contributed by atoms with Gasteiger partial charge in [0.05, 0.1) is 36.5 Å². The molecule has 0 saturated carbocycles. The molecule has 0 radical (unpaired) electrons. The highest BCUT2D eigenvalue weighted by Crippen LogP contribution is 2.15. The highest BCUT2D eigenvalue weighted by Gasteiger charge is 2.23. The Morgan fingerprint density at radius 3 is 2.78 bits per heavy atom. The van der Waals surface area contributed by atoms with Crippen molar-refractivity contribution >= 4 is 25.8 Å². The summed E-state index contributed by atoms with van der Waals surface area (Å²) in [6, 6.07) is 0. The highest BCUT2D eigenvalue weighted by atomic mass is 79.9. The number of ether oxygens (including phenoxy) is 1. The van der Waals surface area contributed by atoms with E-state index in [2.05, 4.69) is 26.2 Å². The van der Waals surface area contributed by atoms with Crippen LogP contribution in [0.2, 0.25) is 0 Å². The molecule has 1 aliphatic heterocycles. The van der Waals surface area contributed by atoms with E-state index in [1.807, 2.05) is 6.20 Å². The predicted molar refractivity (Wildman–Crippen MR) is 70.3 cm³/mol. The zero-order chi connectivity index (χ0) is 13.0. The van der Waals surface area contributed by atoms with E-state index in [0.717, 1.165) is 5.69 Å². The van der Waals surface area contributed by atoms with Gasteiger partial charge in [0.1, 0.15) is 0 Å². The van der Waals surface area contributed by atoms with Crippen molar-refractivity contribution in [3.8, 4) is 0 Å². The Labute approximate surface area is 115 Å². The van der Waals surface area contributed by atoms with Gasteiger partial charge in [-0.3, -0.25) is 0 Å². The van der Waals surface area contributed by atoms with Gasteiger partial charge in [0.15, 0.2) is 9.84 Å². The van der Waals surface area contributed by atoms with E-state index in [4.69, 9.17) is 4.74 Å². The lowest BCUT2D eigenvalue weighted by atomic mass is 10.2. The average Bonchev–Trinajstić information content (AvgIpc) is 2.79. The molecule has 0 aromatic carbocycles. The lowest BCUT2D eigenvalue weighted by Gasteiger charge is -2.22. The number of sulfone groups is 1. The predicted octanol–water partition coefficient (Wildman–Crippen LogP) is 0.767. The number of alkyl halides is 1. The summed E-state index contributed by atoms with van der Waals surface area (Å²) in [4.78, 5) is 0. The van der Waals surface area contributed by atoms with Crippen molar-refractivity contribution in [2.75, 3.05) is 18.1 Å². The van der Waals surface area contributed by atoms with Gasteiger partial charge < -0.3 is 4.74 Å². The number of hydrogen-bond acceptors (Lipinski definition) is 5. The molecule has 1 aliphatic rings. The standard InChI is InChI=1S/C10H16BrN3O3S/c11-7-9-8-14(13-12-9)3-4-17-10-1-5-18(15,16)6-2-10/h8,10H,1-7H2. The maximum absolute atomic E-state index is 11.2. The van der Waals surface area contributed by atoms with E-state index in [-0.39, 0.29) is 17.6 Å². The smallest absolute Gasteiger partial charge is 0.150 e. The molecule has 1 aromatic heterocycles. The van der Waals surface area contributed by atoms with Crippen molar-refractivity contribution in [3.63, 3.8) is 0 Å². The van der Waals surface area contributed by atoms with Crippen molar-refractivity contribution in [3.05, 3.63) is 11.9 Å². The summed E-state index contributed by atoms with van der Waals surface area (Å²) in [6.07, 6.45) is 3.13. The molecular formula is C10H16BrN3O3S. The monoisotopic (exact) mass is 337 g/mol. The molecule has 0 atom stereocenters. The summed E-state index contributed by atoms with van der Waals surface area (Å²) in [6.45, 7) is 1.18. The molecule has 102 valence electrons. The van der Waals surface area contributed by atoms with E-state index < -0.39 is 9.84 Å². The molecule has 0 amide bonds. The lowest BCUT2D eigenvalue weighted by Crippen LogP contribution is -2.29. The van der Waals surface area contributed by atoms with Crippen LogP contribution < -0.4 is 0 Å². The minimum Gasteiger partial charge on any atom is -0.376 e. The third kappa shape index (κ3) is 4.03. The minimum atomic E-state index is -2.81. The van der Waals surface area contributed by atoms with Gasteiger partial charge in [-0.15, -0.1) is 5.10 Å². The molecule has 0 unspecified atom stereocenters. The van der Waals surface area contributed by atoms with Crippen LogP contribution >= 0.6 is 15.9 Å². The Morgan fingerprint density at radius 1 is 1.44 bits per heavy atom. The number of nitrogens with zero attached hydrogens (tertiary/aromatic N) is 3. The van der Waals surface area contributed by atoms with Crippen LogP contribution in [0, 0.1) is 0 Å². The van der Waals surface area contributed by atoms with Gasteiger partial charge in [-0.1, -0.05) is 21.1 Å². The Balaban J connectivity index is 1.70. The third-order valence-corrected chi connectivity index (χ3v) is 5.19. The van der Waals surface area contributed by atoms with E-state index in [1.165, 1.54) is 0 Å². The molecule has 8 heteroatoms. The number of hydrogen-bond donors (Lipinski definition) is 0. The van der Waals surface area contributed by atoms with Gasteiger partial charge in [-0.25, -0.2) is 13.1 Å². The molecule has 2 rings (SSSR count). The van der Waals surface area contributed by atoms with Gasteiger partial charge in [0.25, 0.3) is 0 Å². The van der Waals surface area contributed by atoms with Crippen LogP contribution in [0.1, 0.15) is 18.5 Å². The van der Waals surface area contributed by atoms with E-state index in [9.17, 15) is 8.42 Å². The first kappa shape index (κ1) is 14.0. The highest BCUT2D eigenvalue weighted by molar-refractivity contribution is 9.08. The molecule has 0 bridgehead atoms. The first-order valence-corrected chi connectivity index (χ1v) is 8.80. The molecule has 0 N–H and O–H groups in total. The van der Waals surface area contributed by atoms with Gasteiger partial charge >= 0.3 is 0 Å². The topological polar surface area (TPSA) is 74.1 Å². The van der Waals surface area contributed by atoms with Gasteiger partial charge in [0, 0.05) is 11.5 Å². The zero-order valence-electron chi connectivity index (χ0n) is 9.96. The van der Waals surface area contributed by atoms with Crippen LogP contribution in [0.15, 0.2) is 6.20 Å². The molecular weight excluding hydrogens is 322 g/mol. The Bertz CT molecular complexity index is 474. The van der Waals surface area contributed by atoms with Crippen molar-refractivity contribution in [1.29, 1.82) is 0 Å². The van der Waals surface area contributed by atoms with Crippen LogP contribution in [0.25, 0.3) is 0 Å². The van der Waals surface area contributed by atoms with Crippen LogP contribution in [0.5, 0.6) is 0 Å². The summed E-state index contributed by atoms with van der Waals surface area (Å²) in [5.74, 6) is 0.490. The number of rotatable bonds is 5. The minimum absolute atomic E-state index is 0.0627. The van der Waals surface area contributed by atoms with E-state index in [0.29, 0.717) is 31.3 Å². The maximum Gasteiger partial charge on any atom is 0.150 e. The average molecular weight is 338 g/mol. The van der Waals surface area contributed by atoms with Crippen LogP contribution in [0.3, 0.4) is 0 Å². The molecule has 18 heavy (non-hydrogen) atoms. The van der Waals surface area contributed by atoms with E-state index >= 15 is 0 Å². The zero-order valence-corrected chi connectivity index (χ0v) is 12.4. The number of aromatic nitrogens is 3. The van der Waals surface area contributed by atoms with Crippen LogP contribution in [-0.4, -0.2) is 47.6 Å². The summed E-state index contributed by atoms with van der Waals surface area (Å²) in [5.41, 5.74) is 0.888. The Morgan fingerprint density at radius 2 is 2.17 bits per heavy atom. The largest absolute Gasteiger partial charge is 0.376 e. The fourth-order valence-electron chi connectivity index (χ4n) is 1.86. The quantitative estimate of drug-likeness (QED) is 0.742. The molecule has 6 nitrogen and oxygen atoms in total. The second-order valence-corrected chi connectivity index (χ2v) is 7.19. The summed E-state index contributed by atoms with van der Waals surface area (Å²) in [5, 5.41) is 8.59. The van der Waals surface area contributed by atoms with Gasteiger partial charge in [-0.05, 0) is 12.8 Å². The van der Waals surface area contributed by atoms with Crippen molar-refractivity contribution < 1.29 is 13.2 Å². The first-order valence-electron chi connectivity index (χ1n) is 5.86. The van der Waals surface area contributed by atoms with Crippen LogP contribution in [0.4, 0.5) is 0 Å². The molecule has 2 heterocycles. The van der Waals surface area contributed by atoms with E-state index in [1.54, 1.807) is 4.68 Å². The Hall–Kier alpha value is -0.470. The second kappa shape index (κ2) is 6.12. The fraction of sp³-hybridized carbons (Fsp3) is 0.800. The summed E-state index contributed by atoms with van der Waals surface area (Å²) < 4.78 is 29.9. The lowest BCUT2D eigenvalue weighted by molar-refractivity contribution is 0.0402. The van der Waals surface area contributed by atoms with Gasteiger partial charge in [-0.2, -0.15) is 0 Å². The molecule has 0 spiro atoms. The molecule has 1 fully saturated rings. The Kier molecular flexibility index (Phi) is 4.74. The molecule has 0 aliphatic carbocycles. The fourth-order valence-corrected chi connectivity index (χ4v) is 3.56. The third-order valence-electron chi connectivity index (χ3n) is 2.90. The summed E-state index contributed by atoms with van der Waals surface area (Å²) in [7, 11) is -2.81. The first-order chi connectivity index (χ1) is 8.59. The van der Waals surface area contributed by atoms with Crippen molar-refractivity contribution in [1.82, 2.24) is 15.0 Å². The molecule has 1 aromatic rings. The van der Waals surface area contributed by atoms with Crippen molar-refractivity contribution in [2.45, 2.75) is 30.8 Å². The van der Waals surface area contributed by atoms with Crippen molar-refractivity contribution in [2.24, 2.45) is 0 Å². The SMILES string of the molecule is O=S1(=O)CCC(OCCn2cc(CBr)nn2)CC1.